The molecule has 1 aliphatic carbocycles. The summed E-state index contributed by atoms with van der Waals surface area (Å²) >= 11 is 0. The van der Waals surface area contributed by atoms with Crippen LogP contribution >= 0.6 is 0 Å². The van der Waals surface area contributed by atoms with Crippen LogP contribution in [0, 0.1) is 0 Å². The van der Waals surface area contributed by atoms with Crippen molar-refractivity contribution in [2.45, 2.75) is 37.8 Å². The van der Waals surface area contributed by atoms with Crippen LogP contribution in [0.15, 0.2) is 30.3 Å². The Morgan fingerprint density at radius 3 is 2.62 bits per heavy atom. The van der Waals surface area contributed by atoms with Crippen molar-refractivity contribution >= 4 is 22.6 Å². The Bertz CT molecular complexity index is 843. The minimum Gasteiger partial charge on any atom is -0.474 e. The molecule has 29 heavy (non-hydrogen) atoms. The van der Waals surface area contributed by atoms with Crippen LogP contribution in [0.25, 0.3) is 10.8 Å². The van der Waals surface area contributed by atoms with Crippen LogP contribution in [0.3, 0.4) is 0 Å². The van der Waals surface area contributed by atoms with E-state index in [9.17, 15) is 4.79 Å². The van der Waals surface area contributed by atoms with Gasteiger partial charge in [0.1, 0.15) is 11.9 Å². The number of fused-ring (bicyclic) bond motifs is 1. The molecule has 1 saturated carbocycles. The summed E-state index contributed by atoms with van der Waals surface area (Å²) in [6.45, 7) is 3.16. The van der Waals surface area contributed by atoms with Gasteiger partial charge in [-0.3, -0.25) is 0 Å². The second-order valence-electron chi connectivity index (χ2n) is 8.04. The molecule has 156 valence electrons. The van der Waals surface area contributed by atoms with Crippen molar-refractivity contribution in [1.29, 1.82) is 0 Å². The first-order valence-corrected chi connectivity index (χ1v) is 10.5. The monoisotopic (exact) mass is 398 g/mol. The molecule has 0 atom stereocenters. The van der Waals surface area contributed by atoms with E-state index in [0.29, 0.717) is 5.88 Å². The number of pyridine rings is 1. The number of aromatic nitrogens is 1. The van der Waals surface area contributed by atoms with Crippen LogP contribution in [0.4, 0.5) is 10.6 Å². The van der Waals surface area contributed by atoms with Crippen molar-refractivity contribution < 1.29 is 14.3 Å². The van der Waals surface area contributed by atoms with Crippen LogP contribution in [0.1, 0.15) is 25.7 Å². The van der Waals surface area contributed by atoms with E-state index in [2.05, 4.69) is 28.4 Å². The summed E-state index contributed by atoms with van der Waals surface area (Å²) < 4.78 is 11.9. The summed E-state index contributed by atoms with van der Waals surface area (Å²) in [5, 5.41) is 5.27. The molecule has 2 amide bonds. The molecular weight excluding hydrogens is 368 g/mol. The van der Waals surface area contributed by atoms with Crippen LogP contribution in [0.2, 0.25) is 0 Å². The van der Waals surface area contributed by atoms with Gasteiger partial charge in [0.15, 0.2) is 0 Å². The molecule has 7 heteroatoms. The summed E-state index contributed by atoms with van der Waals surface area (Å²) in [5.74, 6) is 1.67. The van der Waals surface area contributed by atoms with Gasteiger partial charge in [0.25, 0.3) is 0 Å². The van der Waals surface area contributed by atoms with Gasteiger partial charge in [-0.1, -0.05) is 18.2 Å². The van der Waals surface area contributed by atoms with E-state index in [1.54, 1.807) is 19.0 Å². The lowest BCUT2D eigenvalue weighted by Gasteiger charge is -2.31. The second kappa shape index (κ2) is 8.86. The number of urea groups is 1. The summed E-state index contributed by atoms with van der Waals surface area (Å²) in [6, 6.07) is 10.6. The van der Waals surface area contributed by atoms with Crippen molar-refractivity contribution in [3.05, 3.63) is 30.3 Å². The number of anilines is 1. The second-order valence-corrected chi connectivity index (χ2v) is 8.04. The molecule has 1 N–H and O–H groups in total. The Hall–Kier alpha value is -2.54. The number of amides is 2. The standard InChI is InChI=1S/C22H30N4O3/c1-25(2)22(27)23-17-7-9-18(10-8-17)29-21-19-6-4-3-5-16(19)15-20(24-21)26-11-13-28-14-12-26/h3-6,15,17-18H,7-14H2,1-2H3,(H,23,27)/t17-,18+. The van der Waals surface area contributed by atoms with Gasteiger partial charge < -0.3 is 24.6 Å². The first kappa shape index (κ1) is 19.8. The van der Waals surface area contributed by atoms with Crippen molar-refractivity contribution in [2.24, 2.45) is 0 Å². The van der Waals surface area contributed by atoms with E-state index < -0.39 is 0 Å². The van der Waals surface area contributed by atoms with Gasteiger partial charge in [-0.2, -0.15) is 4.98 Å². The number of nitrogens with zero attached hydrogens (tertiary/aromatic N) is 3. The summed E-state index contributed by atoms with van der Waals surface area (Å²) in [7, 11) is 3.53. The topological polar surface area (TPSA) is 66.9 Å². The molecule has 0 radical (unpaired) electrons. The SMILES string of the molecule is CN(C)C(=O)N[C@H]1CC[C@@H](Oc2nc(N3CCOCC3)cc3ccccc23)CC1. The molecule has 0 bridgehead atoms. The average molecular weight is 399 g/mol. The van der Waals surface area contributed by atoms with Crippen LogP contribution < -0.4 is 15.0 Å². The van der Waals surface area contributed by atoms with Gasteiger partial charge in [0, 0.05) is 38.6 Å². The summed E-state index contributed by atoms with van der Waals surface area (Å²) in [6.07, 6.45) is 3.79. The minimum absolute atomic E-state index is 0.0276. The highest BCUT2D eigenvalue weighted by molar-refractivity contribution is 5.89. The number of ether oxygens (including phenoxy) is 2. The molecule has 7 nitrogen and oxygen atoms in total. The normalized spacial score (nSPS) is 22.3. The Labute approximate surface area is 172 Å². The molecule has 2 aromatic rings. The zero-order chi connectivity index (χ0) is 20.2. The molecule has 1 saturated heterocycles. The molecule has 0 unspecified atom stereocenters. The largest absolute Gasteiger partial charge is 0.474 e. The van der Waals surface area contributed by atoms with Gasteiger partial charge in [0.05, 0.1) is 13.2 Å². The first-order chi connectivity index (χ1) is 14.1. The highest BCUT2D eigenvalue weighted by atomic mass is 16.5. The number of morpholine rings is 1. The highest BCUT2D eigenvalue weighted by Gasteiger charge is 2.25. The molecule has 2 fully saturated rings. The predicted octanol–water partition coefficient (Wildman–Crippen LogP) is 3.03. The van der Waals surface area contributed by atoms with Gasteiger partial charge in [0.2, 0.25) is 5.88 Å². The Morgan fingerprint density at radius 1 is 1.17 bits per heavy atom. The number of rotatable bonds is 4. The van der Waals surface area contributed by atoms with Gasteiger partial charge in [-0.25, -0.2) is 4.79 Å². The fourth-order valence-electron chi connectivity index (χ4n) is 3.98. The smallest absolute Gasteiger partial charge is 0.317 e. The third kappa shape index (κ3) is 4.72. The number of hydrogen-bond acceptors (Lipinski definition) is 5. The van der Waals surface area contributed by atoms with Crippen LogP contribution in [-0.4, -0.2) is 68.5 Å². The number of carbonyl (C=O) groups excluding carboxylic acids is 1. The van der Waals surface area contributed by atoms with E-state index in [1.165, 1.54) is 0 Å². The van der Waals surface area contributed by atoms with Crippen LogP contribution in [0.5, 0.6) is 5.88 Å². The van der Waals surface area contributed by atoms with Crippen molar-refractivity contribution in [3.8, 4) is 5.88 Å². The third-order valence-electron chi connectivity index (χ3n) is 5.71. The predicted molar refractivity (Wildman–Crippen MR) is 114 cm³/mol. The maximum absolute atomic E-state index is 11.9. The fraction of sp³-hybridized carbons (Fsp3) is 0.545. The van der Waals surface area contributed by atoms with E-state index in [-0.39, 0.29) is 18.2 Å². The average Bonchev–Trinajstić information content (AvgIpc) is 2.75. The number of nitrogens with one attached hydrogen (secondary N) is 1. The zero-order valence-corrected chi connectivity index (χ0v) is 17.3. The molecular formula is C22H30N4O3. The fourth-order valence-corrected chi connectivity index (χ4v) is 3.98. The molecule has 1 aromatic heterocycles. The maximum atomic E-state index is 11.9. The quantitative estimate of drug-likeness (QED) is 0.858. The Morgan fingerprint density at radius 2 is 1.90 bits per heavy atom. The Balaban J connectivity index is 1.47. The lowest BCUT2D eigenvalue weighted by molar-refractivity contribution is 0.121. The molecule has 0 spiro atoms. The van der Waals surface area contributed by atoms with Crippen molar-refractivity contribution in [2.75, 3.05) is 45.3 Å². The highest BCUT2D eigenvalue weighted by Crippen LogP contribution is 2.31. The molecule has 4 rings (SSSR count). The molecule has 1 aliphatic heterocycles. The number of benzene rings is 1. The summed E-state index contributed by atoms with van der Waals surface area (Å²) in [5.41, 5.74) is 0. The van der Waals surface area contributed by atoms with Gasteiger partial charge in [-0.05, 0) is 43.2 Å². The Kier molecular flexibility index (Phi) is 6.04. The first-order valence-electron chi connectivity index (χ1n) is 10.5. The lowest BCUT2D eigenvalue weighted by atomic mass is 9.93. The number of carbonyl (C=O) groups is 1. The lowest BCUT2D eigenvalue weighted by Crippen LogP contribution is -2.44. The van der Waals surface area contributed by atoms with Crippen molar-refractivity contribution in [1.82, 2.24) is 15.2 Å². The third-order valence-corrected chi connectivity index (χ3v) is 5.71. The van der Waals surface area contributed by atoms with E-state index >= 15 is 0 Å². The summed E-state index contributed by atoms with van der Waals surface area (Å²) in [4.78, 5) is 20.6. The van der Waals surface area contributed by atoms with E-state index in [4.69, 9.17) is 14.5 Å². The van der Waals surface area contributed by atoms with Gasteiger partial charge >= 0.3 is 6.03 Å². The van der Waals surface area contributed by atoms with E-state index in [0.717, 1.165) is 68.6 Å². The molecule has 1 aromatic carbocycles. The zero-order valence-electron chi connectivity index (χ0n) is 17.3. The molecule has 2 aliphatic rings. The van der Waals surface area contributed by atoms with Crippen molar-refractivity contribution in [3.63, 3.8) is 0 Å². The maximum Gasteiger partial charge on any atom is 0.317 e. The van der Waals surface area contributed by atoms with Gasteiger partial charge in [-0.15, -0.1) is 0 Å². The number of hydrogen-bond donors (Lipinski definition) is 1. The van der Waals surface area contributed by atoms with E-state index in [1.807, 2.05) is 12.1 Å². The van der Waals surface area contributed by atoms with Crippen LogP contribution in [-0.2, 0) is 4.74 Å². The molecule has 2 heterocycles. The minimum atomic E-state index is -0.0276.